The molecule has 1 amide bonds. The Morgan fingerprint density at radius 2 is 2.17 bits per heavy atom. The van der Waals surface area contributed by atoms with Crippen molar-refractivity contribution >= 4 is 49.1 Å². The third-order valence-electron chi connectivity index (χ3n) is 2.26. The van der Waals surface area contributed by atoms with E-state index in [0.29, 0.717) is 21.5 Å². The van der Waals surface area contributed by atoms with Crippen molar-refractivity contribution in [2.75, 3.05) is 11.1 Å². The Hall–Kier alpha value is -1.34. The number of halogens is 2. The van der Waals surface area contributed by atoms with Crippen LogP contribution in [-0.4, -0.2) is 15.5 Å². The van der Waals surface area contributed by atoms with Crippen LogP contribution >= 0.6 is 31.9 Å². The molecule has 7 heteroatoms. The summed E-state index contributed by atoms with van der Waals surface area (Å²) in [6.07, 6.45) is 3.20. The van der Waals surface area contributed by atoms with Gasteiger partial charge in [0.05, 0.1) is 17.7 Å². The van der Waals surface area contributed by atoms with Crippen molar-refractivity contribution in [3.05, 3.63) is 39.3 Å². The molecule has 0 aliphatic carbocycles. The van der Waals surface area contributed by atoms with Crippen LogP contribution in [0.1, 0.15) is 10.5 Å². The summed E-state index contributed by atoms with van der Waals surface area (Å²) in [5, 5.41) is 2.73. The van der Waals surface area contributed by atoms with E-state index in [-0.39, 0.29) is 5.91 Å². The predicted octanol–water partition coefficient (Wildman–Crippen LogP) is 2.78. The van der Waals surface area contributed by atoms with Gasteiger partial charge in [0, 0.05) is 22.2 Å². The van der Waals surface area contributed by atoms with Crippen LogP contribution in [-0.2, 0) is 7.05 Å². The molecule has 0 bridgehead atoms. The fraction of sp³-hybridized carbons (Fsp3) is 0.0909. The van der Waals surface area contributed by atoms with Crippen molar-refractivity contribution in [2.24, 2.45) is 7.05 Å². The molecule has 18 heavy (non-hydrogen) atoms. The predicted molar refractivity (Wildman–Crippen MR) is 77.4 cm³/mol. The summed E-state index contributed by atoms with van der Waals surface area (Å²) in [5.41, 5.74) is 7.20. The molecule has 2 aromatic rings. The van der Waals surface area contributed by atoms with E-state index in [1.54, 1.807) is 30.2 Å². The summed E-state index contributed by atoms with van der Waals surface area (Å²) < 4.78 is 3.25. The minimum absolute atomic E-state index is 0.301. The third kappa shape index (κ3) is 2.73. The quantitative estimate of drug-likeness (QED) is 0.795. The van der Waals surface area contributed by atoms with Crippen LogP contribution < -0.4 is 11.1 Å². The minimum atomic E-state index is -0.301. The van der Waals surface area contributed by atoms with Crippen molar-refractivity contribution in [2.45, 2.75) is 0 Å². The lowest BCUT2D eigenvalue weighted by Crippen LogP contribution is -2.14. The average Bonchev–Trinajstić information content (AvgIpc) is 2.70. The normalized spacial score (nSPS) is 10.4. The number of nitrogens with two attached hydrogens (primary N) is 1. The summed E-state index contributed by atoms with van der Waals surface area (Å²) >= 11 is 6.68. The zero-order valence-electron chi connectivity index (χ0n) is 9.45. The number of hydrogen-bond acceptors (Lipinski definition) is 3. The molecular formula is C11H10Br2N4O. The Morgan fingerprint density at radius 1 is 1.44 bits per heavy atom. The number of hydrogen-bond donors (Lipinski definition) is 2. The van der Waals surface area contributed by atoms with Gasteiger partial charge in [-0.3, -0.25) is 4.79 Å². The molecule has 94 valence electrons. The summed E-state index contributed by atoms with van der Waals surface area (Å²) in [6.45, 7) is 0. The Balaban J connectivity index is 2.27. The Morgan fingerprint density at radius 3 is 2.72 bits per heavy atom. The molecule has 5 nitrogen and oxygen atoms in total. The van der Waals surface area contributed by atoms with E-state index in [2.05, 4.69) is 42.2 Å². The van der Waals surface area contributed by atoms with E-state index in [1.165, 1.54) is 0 Å². The van der Waals surface area contributed by atoms with Crippen LogP contribution in [0.25, 0.3) is 0 Å². The molecule has 0 aliphatic rings. The fourth-order valence-electron chi connectivity index (χ4n) is 1.43. The summed E-state index contributed by atoms with van der Waals surface area (Å²) in [7, 11) is 1.80. The second-order valence-corrected chi connectivity index (χ2v) is 5.50. The van der Waals surface area contributed by atoms with Crippen molar-refractivity contribution in [3.8, 4) is 0 Å². The molecule has 1 aromatic heterocycles. The first-order valence-corrected chi connectivity index (χ1v) is 6.60. The fourth-order valence-corrected chi connectivity index (χ4v) is 2.79. The van der Waals surface area contributed by atoms with E-state index in [0.717, 1.165) is 4.47 Å². The number of carbonyl (C=O) groups excluding carboxylic acids is 1. The van der Waals surface area contributed by atoms with Gasteiger partial charge in [-0.25, -0.2) is 4.98 Å². The van der Waals surface area contributed by atoms with Gasteiger partial charge in [-0.1, -0.05) is 15.9 Å². The molecule has 0 saturated heterocycles. The maximum atomic E-state index is 11.9. The van der Waals surface area contributed by atoms with E-state index < -0.39 is 0 Å². The lowest BCUT2D eigenvalue weighted by molar-refractivity contribution is 0.102. The highest BCUT2D eigenvalue weighted by molar-refractivity contribution is 9.11. The maximum Gasteiger partial charge on any atom is 0.275 e. The first-order chi connectivity index (χ1) is 8.47. The topological polar surface area (TPSA) is 72.9 Å². The molecule has 1 heterocycles. The van der Waals surface area contributed by atoms with Gasteiger partial charge in [0.25, 0.3) is 5.91 Å². The smallest absolute Gasteiger partial charge is 0.275 e. The van der Waals surface area contributed by atoms with Crippen LogP contribution in [0.15, 0.2) is 33.6 Å². The van der Waals surface area contributed by atoms with Crippen molar-refractivity contribution < 1.29 is 4.79 Å². The molecule has 0 radical (unpaired) electrons. The molecule has 3 N–H and O–H groups in total. The number of carbonyl (C=O) groups is 1. The number of benzene rings is 1. The highest BCUT2D eigenvalue weighted by Gasteiger charge is 2.13. The standard InChI is InChI=1S/C11H10Br2N4O/c1-17-4-9(15-5-17)11(18)16-10-7(13)2-6(12)3-8(10)14/h2-5H,14H2,1H3,(H,16,18). The number of aryl methyl sites for hydroxylation is 1. The van der Waals surface area contributed by atoms with Gasteiger partial charge >= 0.3 is 0 Å². The third-order valence-corrected chi connectivity index (χ3v) is 3.34. The van der Waals surface area contributed by atoms with Gasteiger partial charge in [0.1, 0.15) is 5.69 Å². The first-order valence-electron chi connectivity index (χ1n) is 5.01. The van der Waals surface area contributed by atoms with Gasteiger partial charge < -0.3 is 15.6 Å². The molecule has 0 spiro atoms. The number of nitrogen functional groups attached to an aromatic ring is 1. The number of aromatic nitrogens is 2. The van der Waals surface area contributed by atoms with Crippen molar-refractivity contribution in [3.63, 3.8) is 0 Å². The zero-order valence-corrected chi connectivity index (χ0v) is 12.6. The number of nitrogens with one attached hydrogen (secondary N) is 1. The van der Waals surface area contributed by atoms with Gasteiger partial charge in [-0.05, 0) is 28.1 Å². The SMILES string of the molecule is Cn1cnc(C(=O)Nc2c(N)cc(Br)cc2Br)c1. The number of anilines is 2. The van der Waals surface area contributed by atoms with Gasteiger partial charge in [0.15, 0.2) is 0 Å². The summed E-state index contributed by atoms with van der Waals surface area (Å²) in [5.74, 6) is -0.301. The van der Waals surface area contributed by atoms with Crippen LogP contribution in [0, 0.1) is 0 Å². The highest BCUT2D eigenvalue weighted by atomic mass is 79.9. The van der Waals surface area contributed by atoms with Crippen molar-refractivity contribution in [1.29, 1.82) is 0 Å². The maximum absolute atomic E-state index is 11.9. The molecule has 1 aromatic carbocycles. The van der Waals surface area contributed by atoms with Gasteiger partial charge in [-0.15, -0.1) is 0 Å². The van der Waals surface area contributed by atoms with Crippen molar-refractivity contribution in [1.82, 2.24) is 9.55 Å². The van der Waals surface area contributed by atoms with Crippen LogP contribution in [0.2, 0.25) is 0 Å². The Labute approximate surface area is 121 Å². The van der Waals surface area contributed by atoms with Crippen LogP contribution in [0.4, 0.5) is 11.4 Å². The molecule has 0 atom stereocenters. The molecule has 0 unspecified atom stereocenters. The second kappa shape index (κ2) is 5.11. The molecule has 0 fully saturated rings. The highest BCUT2D eigenvalue weighted by Crippen LogP contribution is 2.32. The van der Waals surface area contributed by atoms with E-state index in [1.807, 2.05) is 6.07 Å². The lowest BCUT2D eigenvalue weighted by atomic mass is 10.2. The molecular weight excluding hydrogens is 364 g/mol. The van der Waals surface area contributed by atoms with E-state index >= 15 is 0 Å². The Bertz CT molecular complexity index is 586. The molecule has 2 rings (SSSR count). The number of nitrogens with zero attached hydrogens (tertiary/aromatic N) is 2. The monoisotopic (exact) mass is 372 g/mol. The largest absolute Gasteiger partial charge is 0.397 e. The van der Waals surface area contributed by atoms with Gasteiger partial charge in [0.2, 0.25) is 0 Å². The van der Waals surface area contributed by atoms with Gasteiger partial charge in [-0.2, -0.15) is 0 Å². The van der Waals surface area contributed by atoms with E-state index in [9.17, 15) is 4.79 Å². The number of imidazole rings is 1. The summed E-state index contributed by atoms with van der Waals surface area (Å²) in [4.78, 5) is 15.9. The number of rotatable bonds is 2. The summed E-state index contributed by atoms with van der Waals surface area (Å²) in [6, 6.07) is 3.53. The second-order valence-electron chi connectivity index (χ2n) is 3.73. The molecule has 0 aliphatic heterocycles. The average molecular weight is 374 g/mol. The lowest BCUT2D eigenvalue weighted by Gasteiger charge is -2.09. The Kier molecular flexibility index (Phi) is 3.72. The zero-order chi connectivity index (χ0) is 13.3. The van der Waals surface area contributed by atoms with Crippen LogP contribution in [0.5, 0.6) is 0 Å². The first kappa shape index (κ1) is 13.1. The van der Waals surface area contributed by atoms with E-state index in [4.69, 9.17) is 5.73 Å². The van der Waals surface area contributed by atoms with Crippen LogP contribution in [0.3, 0.4) is 0 Å². The number of amides is 1. The molecule has 0 saturated carbocycles. The minimum Gasteiger partial charge on any atom is -0.397 e.